The lowest BCUT2D eigenvalue weighted by atomic mass is 9.84. The first-order chi connectivity index (χ1) is 24.8. The van der Waals surface area contributed by atoms with Crippen molar-refractivity contribution in [2.45, 2.75) is 76.0 Å². The lowest BCUT2D eigenvalue weighted by Gasteiger charge is -2.22. The number of benzene rings is 5. The monoisotopic (exact) mass is 648 g/mol. The summed E-state index contributed by atoms with van der Waals surface area (Å²) < 4.78 is 0. The summed E-state index contributed by atoms with van der Waals surface area (Å²) in [4.78, 5) is 11.0. The number of aromatic nitrogens is 2. The average molecular weight is 649 g/mol. The molecule has 0 atom stereocenters. The van der Waals surface area contributed by atoms with Crippen molar-refractivity contribution in [1.29, 1.82) is 0 Å². The van der Waals surface area contributed by atoms with Gasteiger partial charge in [0, 0.05) is 21.9 Å². The van der Waals surface area contributed by atoms with Crippen LogP contribution in [0.5, 0.6) is 0 Å². The molecule has 2 heterocycles. The SMILES string of the molecule is c1ccc(-c2cc(-c3ccc(C4CCCCC4)cc3)nc3c2ccc2c(-c4ccccc4)cc(-c4ccc(C5CCCCC5)cc4)nc23)cc1. The zero-order valence-corrected chi connectivity index (χ0v) is 28.8. The Kier molecular flexibility index (Phi) is 8.46. The minimum Gasteiger partial charge on any atom is -0.245 e. The molecular weight excluding hydrogens is 605 g/mol. The maximum atomic E-state index is 5.48. The van der Waals surface area contributed by atoms with Crippen LogP contribution in [0.3, 0.4) is 0 Å². The molecule has 5 aromatic carbocycles. The van der Waals surface area contributed by atoms with Crippen LogP contribution in [0.2, 0.25) is 0 Å². The molecule has 0 bridgehead atoms. The van der Waals surface area contributed by atoms with Gasteiger partial charge in [-0.25, -0.2) is 9.97 Å². The van der Waals surface area contributed by atoms with Gasteiger partial charge in [0.05, 0.1) is 22.4 Å². The van der Waals surface area contributed by atoms with E-state index in [0.717, 1.165) is 44.3 Å². The number of hydrogen-bond acceptors (Lipinski definition) is 2. The van der Waals surface area contributed by atoms with E-state index in [1.165, 1.54) is 97.6 Å². The van der Waals surface area contributed by atoms with Crippen LogP contribution in [0.4, 0.5) is 0 Å². The first-order valence-corrected chi connectivity index (χ1v) is 18.9. The Morgan fingerprint density at radius 3 is 1.12 bits per heavy atom. The van der Waals surface area contributed by atoms with Gasteiger partial charge in [0.25, 0.3) is 0 Å². The van der Waals surface area contributed by atoms with Crippen molar-refractivity contribution in [2.24, 2.45) is 0 Å². The van der Waals surface area contributed by atoms with E-state index in [0.29, 0.717) is 11.8 Å². The Hall–Kier alpha value is -5.08. The van der Waals surface area contributed by atoms with Gasteiger partial charge in [-0.15, -0.1) is 0 Å². The zero-order chi connectivity index (χ0) is 33.3. The van der Waals surface area contributed by atoms with Crippen LogP contribution in [0.15, 0.2) is 133 Å². The second-order valence-electron chi connectivity index (χ2n) is 14.6. The van der Waals surface area contributed by atoms with Gasteiger partial charge in [-0.1, -0.05) is 160 Å². The van der Waals surface area contributed by atoms with Crippen LogP contribution in [0.1, 0.15) is 87.2 Å². The van der Waals surface area contributed by atoms with Crippen molar-refractivity contribution in [3.8, 4) is 44.8 Å². The molecule has 0 N–H and O–H groups in total. The molecule has 0 spiro atoms. The fraction of sp³-hybridized carbons (Fsp3) is 0.250. The molecule has 246 valence electrons. The van der Waals surface area contributed by atoms with E-state index in [4.69, 9.17) is 9.97 Å². The van der Waals surface area contributed by atoms with Crippen molar-refractivity contribution in [3.63, 3.8) is 0 Å². The molecule has 2 aromatic heterocycles. The maximum absolute atomic E-state index is 5.48. The highest BCUT2D eigenvalue weighted by Crippen LogP contribution is 2.41. The van der Waals surface area contributed by atoms with Gasteiger partial charge in [0.1, 0.15) is 0 Å². The summed E-state index contributed by atoms with van der Waals surface area (Å²) in [6.45, 7) is 0. The molecule has 2 heteroatoms. The average Bonchev–Trinajstić information content (AvgIpc) is 3.21. The molecule has 2 saturated carbocycles. The van der Waals surface area contributed by atoms with Crippen LogP contribution >= 0.6 is 0 Å². The van der Waals surface area contributed by atoms with Gasteiger partial charge >= 0.3 is 0 Å². The second kappa shape index (κ2) is 13.7. The summed E-state index contributed by atoms with van der Waals surface area (Å²) in [6.07, 6.45) is 13.3. The van der Waals surface area contributed by atoms with E-state index in [1.54, 1.807) is 0 Å². The molecule has 2 fully saturated rings. The number of nitrogens with zero attached hydrogens (tertiary/aromatic N) is 2. The van der Waals surface area contributed by atoms with Crippen LogP contribution in [0.25, 0.3) is 66.6 Å². The van der Waals surface area contributed by atoms with Crippen LogP contribution in [-0.2, 0) is 0 Å². The van der Waals surface area contributed by atoms with Crippen molar-refractivity contribution in [2.75, 3.05) is 0 Å². The summed E-state index contributed by atoms with van der Waals surface area (Å²) in [6, 6.07) is 49.2. The summed E-state index contributed by atoms with van der Waals surface area (Å²) >= 11 is 0. The third-order valence-corrected chi connectivity index (χ3v) is 11.5. The Morgan fingerprint density at radius 2 is 0.740 bits per heavy atom. The van der Waals surface area contributed by atoms with Crippen LogP contribution in [-0.4, -0.2) is 9.97 Å². The minimum absolute atomic E-state index is 0.682. The molecule has 0 unspecified atom stereocenters. The third-order valence-electron chi connectivity index (χ3n) is 11.5. The van der Waals surface area contributed by atoms with E-state index in [-0.39, 0.29) is 0 Å². The summed E-state index contributed by atoms with van der Waals surface area (Å²) in [7, 11) is 0. The van der Waals surface area contributed by atoms with Gasteiger partial charge in [-0.2, -0.15) is 0 Å². The second-order valence-corrected chi connectivity index (χ2v) is 14.6. The molecule has 2 aliphatic carbocycles. The number of pyridine rings is 2. The highest BCUT2D eigenvalue weighted by molar-refractivity contribution is 6.13. The highest BCUT2D eigenvalue weighted by Gasteiger charge is 2.20. The molecular formula is C48H44N2. The molecule has 0 radical (unpaired) electrons. The standard InChI is InChI=1S/C48H44N2/c1-5-13-33(14-6-1)35-21-25-39(26-22-35)45-31-43(37-17-9-3-10-18-37)41-29-30-42-44(38-19-11-4-12-20-38)32-46(50-48(42)47(41)49-45)40-27-23-36(24-28-40)34-15-7-2-8-16-34/h3-4,9-12,17-34H,1-2,5-8,13-16H2. The fourth-order valence-corrected chi connectivity index (χ4v) is 8.71. The fourth-order valence-electron chi connectivity index (χ4n) is 8.71. The highest BCUT2D eigenvalue weighted by atomic mass is 14.8. The molecule has 2 nitrogen and oxygen atoms in total. The predicted octanol–water partition coefficient (Wildman–Crippen LogP) is 13.5. The molecule has 9 rings (SSSR count). The first-order valence-electron chi connectivity index (χ1n) is 18.9. The van der Waals surface area contributed by atoms with E-state index in [1.807, 2.05) is 0 Å². The first kappa shape index (κ1) is 30.9. The summed E-state index contributed by atoms with van der Waals surface area (Å²) in [5.41, 5.74) is 13.9. The van der Waals surface area contributed by atoms with E-state index < -0.39 is 0 Å². The molecule has 50 heavy (non-hydrogen) atoms. The Labute approximate surface area is 296 Å². The van der Waals surface area contributed by atoms with Crippen LogP contribution in [0, 0.1) is 0 Å². The maximum Gasteiger partial charge on any atom is 0.0978 e. The lowest BCUT2D eigenvalue weighted by molar-refractivity contribution is 0.443. The van der Waals surface area contributed by atoms with E-state index in [9.17, 15) is 0 Å². The number of hydrogen-bond donors (Lipinski definition) is 0. The lowest BCUT2D eigenvalue weighted by Crippen LogP contribution is -2.04. The van der Waals surface area contributed by atoms with Gasteiger partial charge < -0.3 is 0 Å². The zero-order valence-electron chi connectivity index (χ0n) is 28.8. The Bertz CT molecular complexity index is 2080. The molecule has 2 aliphatic rings. The summed E-state index contributed by atoms with van der Waals surface area (Å²) in [5.74, 6) is 1.36. The quantitative estimate of drug-likeness (QED) is 0.168. The largest absolute Gasteiger partial charge is 0.245 e. The van der Waals surface area contributed by atoms with Crippen molar-refractivity contribution in [1.82, 2.24) is 9.97 Å². The Balaban J connectivity index is 1.24. The molecule has 0 saturated heterocycles. The number of fused-ring (bicyclic) bond motifs is 3. The van der Waals surface area contributed by atoms with Gasteiger partial charge in [-0.3, -0.25) is 0 Å². The van der Waals surface area contributed by atoms with Crippen molar-refractivity contribution in [3.05, 3.63) is 145 Å². The van der Waals surface area contributed by atoms with Crippen molar-refractivity contribution < 1.29 is 0 Å². The van der Waals surface area contributed by atoms with Crippen LogP contribution < -0.4 is 0 Å². The number of rotatable bonds is 6. The smallest absolute Gasteiger partial charge is 0.0978 e. The van der Waals surface area contributed by atoms with E-state index >= 15 is 0 Å². The summed E-state index contributed by atoms with van der Waals surface area (Å²) in [5, 5.41) is 2.25. The van der Waals surface area contributed by atoms with Crippen molar-refractivity contribution >= 4 is 21.8 Å². The van der Waals surface area contributed by atoms with Gasteiger partial charge in [0.2, 0.25) is 0 Å². The molecule has 7 aromatic rings. The third kappa shape index (κ3) is 6.02. The predicted molar refractivity (Wildman–Crippen MR) is 210 cm³/mol. The molecule has 0 aliphatic heterocycles. The normalized spacial score (nSPS) is 15.8. The van der Waals surface area contributed by atoms with E-state index in [2.05, 4.69) is 133 Å². The van der Waals surface area contributed by atoms with Gasteiger partial charge in [-0.05, 0) is 83.0 Å². The topological polar surface area (TPSA) is 25.8 Å². The Morgan fingerprint density at radius 1 is 0.360 bits per heavy atom. The minimum atomic E-state index is 0.682. The molecule has 0 amide bonds. The van der Waals surface area contributed by atoms with Gasteiger partial charge in [0.15, 0.2) is 0 Å².